The predicted octanol–water partition coefficient (Wildman–Crippen LogP) is 5.71. The largest absolute Gasteiger partial charge is 0.481 e. The Balaban J connectivity index is 1.83. The summed E-state index contributed by atoms with van der Waals surface area (Å²) < 4.78 is 81.6. The van der Waals surface area contributed by atoms with Gasteiger partial charge in [-0.2, -0.15) is 18.2 Å². The number of anilines is 2. The number of amides is 1. The lowest BCUT2D eigenvalue weighted by molar-refractivity contribution is -0.153. The van der Waals surface area contributed by atoms with Gasteiger partial charge in [0.25, 0.3) is 0 Å². The highest BCUT2D eigenvalue weighted by Gasteiger charge is 2.40. The van der Waals surface area contributed by atoms with E-state index in [1.54, 1.807) is 13.0 Å². The summed E-state index contributed by atoms with van der Waals surface area (Å²) in [6.45, 7) is 8.98. The van der Waals surface area contributed by atoms with E-state index in [0.29, 0.717) is 11.8 Å². The Kier molecular flexibility index (Phi) is 8.15. The fourth-order valence-electron chi connectivity index (χ4n) is 3.84. The maximum Gasteiger partial charge on any atom is 0.422 e. The molecule has 0 spiro atoms. The van der Waals surface area contributed by atoms with Crippen molar-refractivity contribution in [2.75, 3.05) is 23.4 Å². The molecule has 8 nitrogen and oxygen atoms in total. The minimum Gasteiger partial charge on any atom is -0.481 e. The molecule has 1 fully saturated rings. The molecule has 0 unspecified atom stereocenters. The average molecular weight is 533 g/mol. The lowest BCUT2D eigenvalue weighted by Crippen LogP contribution is -2.45. The second-order valence-electron chi connectivity index (χ2n) is 9.71. The molecule has 3 atom stereocenters. The Hall–Kier alpha value is -3.22. The molecule has 2 heterocycles. The third-order valence-corrected chi connectivity index (χ3v) is 5.33. The molecular weight excluding hydrogens is 503 g/mol. The molecule has 1 amide bonds. The first-order valence-corrected chi connectivity index (χ1v) is 11.5. The molecule has 37 heavy (non-hydrogen) atoms. The van der Waals surface area contributed by atoms with Crippen LogP contribution in [0.3, 0.4) is 0 Å². The summed E-state index contributed by atoms with van der Waals surface area (Å²) >= 11 is 0. The van der Waals surface area contributed by atoms with Crippen LogP contribution in [0.15, 0.2) is 18.2 Å². The maximum absolute atomic E-state index is 14.6. The van der Waals surface area contributed by atoms with E-state index >= 15 is 0 Å². The number of cyclic esters (lactones) is 1. The summed E-state index contributed by atoms with van der Waals surface area (Å²) in [5, 5.41) is 2.84. The normalized spacial score (nSPS) is 18.0. The van der Waals surface area contributed by atoms with Crippen molar-refractivity contribution in [2.24, 2.45) is 0 Å². The molecule has 1 N–H and O–H groups in total. The lowest BCUT2D eigenvalue weighted by Gasteiger charge is -2.31. The van der Waals surface area contributed by atoms with Gasteiger partial charge in [0.05, 0.1) is 17.7 Å². The minimum absolute atomic E-state index is 0.0162. The number of ether oxygens (including phenoxy) is 3. The number of nitrogens with zero attached hydrogens (tertiary/aromatic N) is 3. The smallest absolute Gasteiger partial charge is 0.422 e. The first-order valence-electron chi connectivity index (χ1n) is 11.5. The van der Waals surface area contributed by atoms with Gasteiger partial charge in [0.1, 0.15) is 24.3 Å². The molecule has 204 valence electrons. The topological polar surface area (TPSA) is 85.8 Å². The number of alkyl halides is 3. The van der Waals surface area contributed by atoms with Crippen LogP contribution < -0.4 is 15.0 Å². The number of carbonyl (C=O) groups excluding carboxylic acids is 1. The molecule has 1 aliphatic heterocycles. The Morgan fingerprint density at radius 1 is 1.14 bits per heavy atom. The Bertz CT molecular complexity index is 1140. The van der Waals surface area contributed by atoms with Crippen molar-refractivity contribution in [2.45, 2.75) is 71.5 Å². The first-order chi connectivity index (χ1) is 17.0. The van der Waals surface area contributed by atoms with E-state index < -0.39 is 60.0 Å². The van der Waals surface area contributed by atoms with Crippen molar-refractivity contribution in [3.05, 3.63) is 41.1 Å². The van der Waals surface area contributed by atoms with Gasteiger partial charge in [-0.05, 0) is 47.6 Å². The molecule has 13 heteroatoms. The van der Waals surface area contributed by atoms with Gasteiger partial charge >= 0.3 is 12.3 Å². The van der Waals surface area contributed by atoms with Crippen molar-refractivity contribution in [1.29, 1.82) is 0 Å². The lowest BCUT2D eigenvalue weighted by atomic mass is 10.1. The summed E-state index contributed by atoms with van der Waals surface area (Å²) in [4.78, 5) is 22.5. The van der Waals surface area contributed by atoms with E-state index in [4.69, 9.17) is 9.47 Å². The number of carbonyl (C=O) groups is 1. The van der Waals surface area contributed by atoms with E-state index in [0.717, 1.165) is 6.07 Å². The number of aryl methyl sites for hydroxylation is 1. The third kappa shape index (κ3) is 7.40. The van der Waals surface area contributed by atoms with Crippen LogP contribution in [0.2, 0.25) is 0 Å². The van der Waals surface area contributed by atoms with Crippen LogP contribution in [0.5, 0.6) is 5.75 Å². The highest BCUT2D eigenvalue weighted by Crippen LogP contribution is 2.31. The zero-order valence-electron chi connectivity index (χ0n) is 21.2. The second-order valence-corrected chi connectivity index (χ2v) is 9.71. The molecule has 1 aromatic heterocycles. The monoisotopic (exact) mass is 532 g/mol. The fourth-order valence-corrected chi connectivity index (χ4v) is 3.84. The number of aromatic nitrogens is 2. The van der Waals surface area contributed by atoms with Crippen LogP contribution in [0.1, 0.15) is 51.9 Å². The molecule has 0 bridgehead atoms. The summed E-state index contributed by atoms with van der Waals surface area (Å²) in [5.74, 6) is -2.76. The summed E-state index contributed by atoms with van der Waals surface area (Å²) in [5.41, 5.74) is -0.174. The van der Waals surface area contributed by atoms with Gasteiger partial charge in [-0.3, -0.25) is 4.90 Å². The van der Waals surface area contributed by atoms with E-state index in [-0.39, 0.29) is 23.9 Å². The van der Waals surface area contributed by atoms with Gasteiger partial charge in [0.2, 0.25) is 5.95 Å². The summed E-state index contributed by atoms with van der Waals surface area (Å²) in [7, 11) is 0. The molecule has 0 radical (unpaired) electrons. The number of hydrogen-bond acceptors (Lipinski definition) is 7. The zero-order chi connectivity index (χ0) is 27.7. The van der Waals surface area contributed by atoms with Crippen LogP contribution in [0, 0.1) is 18.6 Å². The van der Waals surface area contributed by atoms with Gasteiger partial charge in [0, 0.05) is 23.4 Å². The molecule has 3 rings (SSSR count). The molecule has 0 saturated carbocycles. The van der Waals surface area contributed by atoms with Crippen molar-refractivity contribution in [3.8, 4) is 5.75 Å². The van der Waals surface area contributed by atoms with E-state index in [2.05, 4.69) is 20.0 Å². The van der Waals surface area contributed by atoms with Gasteiger partial charge in [-0.1, -0.05) is 0 Å². The highest BCUT2D eigenvalue weighted by molar-refractivity contribution is 5.89. The average Bonchev–Trinajstić information content (AvgIpc) is 3.13. The first kappa shape index (κ1) is 28.4. The third-order valence-electron chi connectivity index (χ3n) is 5.33. The highest BCUT2D eigenvalue weighted by atomic mass is 19.4. The molecule has 1 aliphatic rings. The molecule has 2 aromatic rings. The van der Waals surface area contributed by atoms with E-state index in [1.807, 2.05) is 27.7 Å². The Morgan fingerprint density at radius 2 is 1.81 bits per heavy atom. The minimum atomic E-state index is -4.70. The summed E-state index contributed by atoms with van der Waals surface area (Å²) in [6.07, 6.45) is -5.71. The van der Waals surface area contributed by atoms with E-state index in [9.17, 15) is 26.7 Å². The van der Waals surface area contributed by atoms with Crippen LogP contribution in [-0.4, -0.2) is 53.2 Å². The molecule has 1 aromatic carbocycles. The second kappa shape index (κ2) is 10.6. The van der Waals surface area contributed by atoms with E-state index in [1.165, 1.54) is 11.8 Å². The number of hydrogen-bond donors (Lipinski definition) is 1. The quantitative estimate of drug-likeness (QED) is 0.436. The molecular formula is C24H29F5N4O4. The predicted molar refractivity (Wildman–Crippen MR) is 125 cm³/mol. The van der Waals surface area contributed by atoms with Gasteiger partial charge < -0.3 is 19.5 Å². The Morgan fingerprint density at radius 3 is 2.43 bits per heavy atom. The van der Waals surface area contributed by atoms with Gasteiger partial charge in [-0.25, -0.2) is 18.6 Å². The fraction of sp³-hybridized carbons (Fsp3) is 0.542. The van der Waals surface area contributed by atoms with Crippen molar-refractivity contribution < 1.29 is 41.0 Å². The van der Waals surface area contributed by atoms with Gasteiger partial charge in [-0.15, -0.1) is 0 Å². The van der Waals surface area contributed by atoms with Crippen LogP contribution in [-0.2, 0) is 9.47 Å². The van der Waals surface area contributed by atoms with Crippen LogP contribution in [0.4, 0.5) is 38.5 Å². The number of benzene rings is 1. The summed E-state index contributed by atoms with van der Waals surface area (Å²) in [6, 6.07) is 1.51. The van der Waals surface area contributed by atoms with Crippen LogP contribution in [0.25, 0.3) is 0 Å². The standard InChI is InChI=1S/C24H29F5N4O4/c1-12-7-20(33-18(10-35-22(33)34)14(3)37-23(4,5)6)32-21(30-12)31-13(2)15-8-17(26)19(9-16(15)25)36-11-24(27,28)29/h7-9,13-14,18H,10-11H2,1-6H3,(H,30,31,32)/t13-,14+,18+/m0/s1. The number of rotatable bonds is 8. The Labute approximate surface area is 211 Å². The van der Waals surface area contributed by atoms with Crippen molar-refractivity contribution in [3.63, 3.8) is 0 Å². The zero-order valence-corrected chi connectivity index (χ0v) is 21.2. The number of nitrogens with one attached hydrogen (secondary N) is 1. The molecule has 1 saturated heterocycles. The maximum atomic E-state index is 14.6. The van der Waals surface area contributed by atoms with Crippen molar-refractivity contribution >= 4 is 17.9 Å². The number of halogens is 5. The van der Waals surface area contributed by atoms with Crippen molar-refractivity contribution in [1.82, 2.24) is 9.97 Å². The van der Waals surface area contributed by atoms with Crippen LogP contribution >= 0.6 is 0 Å². The molecule has 0 aliphatic carbocycles. The SMILES string of the molecule is Cc1cc(N2C(=O)OC[C@@H]2[C@@H](C)OC(C)(C)C)nc(N[C@@H](C)c2cc(F)c(OCC(F)(F)F)cc2F)n1. The van der Waals surface area contributed by atoms with Gasteiger partial charge in [0.15, 0.2) is 18.2 Å².